The second-order valence-electron chi connectivity index (χ2n) is 5.85. The Kier molecular flexibility index (Phi) is 8.35. The number of benzene rings is 2. The van der Waals surface area contributed by atoms with Crippen molar-refractivity contribution in [2.45, 2.75) is 25.5 Å². The summed E-state index contributed by atoms with van der Waals surface area (Å²) in [5.41, 5.74) is 8.14. The number of thioether (sulfide) groups is 1. The summed E-state index contributed by atoms with van der Waals surface area (Å²) in [6.45, 7) is 1.15. The number of carbonyl (C=O) groups is 1. The lowest BCUT2D eigenvalue weighted by molar-refractivity contribution is -0.122. The van der Waals surface area contributed by atoms with Gasteiger partial charge in [0.15, 0.2) is 0 Å². The lowest BCUT2D eigenvalue weighted by Gasteiger charge is -2.12. The van der Waals surface area contributed by atoms with Gasteiger partial charge in [0.1, 0.15) is 12.4 Å². The molecule has 2 rings (SSSR count). The van der Waals surface area contributed by atoms with Gasteiger partial charge < -0.3 is 15.8 Å². The van der Waals surface area contributed by atoms with Crippen molar-refractivity contribution in [3.63, 3.8) is 0 Å². The normalized spacial score (nSPS) is 11.8. The van der Waals surface area contributed by atoms with Crippen molar-refractivity contribution < 1.29 is 9.53 Å². The van der Waals surface area contributed by atoms with Crippen LogP contribution >= 0.6 is 11.8 Å². The second kappa shape index (κ2) is 10.8. The van der Waals surface area contributed by atoms with Crippen molar-refractivity contribution >= 4 is 17.7 Å². The molecule has 4 nitrogen and oxygen atoms in total. The van der Waals surface area contributed by atoms with Gasteiger partial charge in [0.2, 0.25) is 5.91 Å². The number of ether oxygens (including phenoxy) is 1. The Balaban J connectivity index is 1.70. The Bertz CT molecular complexity index is 632. The molecule has 0 bridgehead atoms. The van der Waals surface area contributed by atoms with Crippen molar-refractivity contribution in [1.82, 2.24) is 5.32 Å². The molecule has 1 unspecified atom stereocenters. The predicted molar refractivity (Wildman–Crippen MR) is 105 cm³/mol. The van der Waals surface area contributed by atoms with Gasteiger partial charge in [-0.3, -0.25) is 4.79 Å². The zero-order chi connectivity index (χ0) is 17.9. The molecule has 134 valence electrons. The molecule has 1 atom stereocenters. The highest BCUT2D eigenvalue weighted by Gasteiger charge is 2.11. The summed E-state index contributed by atoms with van der Waals surface area (Å²) in [5, 5.41) is 2.90. The average Bonchev–Trinajstić information content (AvgIpc) is 2.66. The molecule has 0 aliphatic carbocycles. The van der Waals surface area contributed by atoms with Gasteiger partial charge in [-0.2, -0.15) is 11.8 Å². The molecule has 0 saturated heterocycles. The second-order valence-corrected chi connectivity index (χ2v) is 6.83. The first-order valence-corrected chi connectivity index (χ1v) is 9.86. The van der Waals surface area contributed by atoms with E-state index in [1.807, 2.05) is 60.9 Å². The highest BCUT2D eigenvalue weighted by Crippen LogP contribution is 2.14. The van der Waals surface area contributed by atoms with Crippen LogP contribution in [0.2, 0.25) is 0 Å². The standard InChI is InChI=1S/C20H26N2O2S/c1-25-14-12-19(21)20(23)22-13-11-16-7-9-18(10-8-16)24-15-17-5-3-2-4-6-17/h2-10,19H,11-15,21H2,1H3,(H,22,23). The van der Waals surface area contributed by atoms with E-state index in [2.05, 4.69) is 5.32 Å². The molecule has 0 aliphatic rings. The minimum absolute atomic E-state index is 0.0723. The maximum absolute atomic E-state index is 11.8. The highest BCUT2D eigenvalue weighted by atomic mass is 32.2. The minimum atomic E-state index is -0.416. The molecule has 5 heteroatoms. The van der Waals surface area contributed by atoms with Crippen LogP contribution in [-0.4, -0.2) is 30.5 Å². The Morgan fingerprint density at radius 3 is 2.52 bits per heavy atom. The fraction of sp³-hybridized carbons (Fsp3) is 0.350. The van der Waals surface area contributed by atoms with Gasteiger partial charge in [-0.25, -0.2) is 0 Å². The summed E-state index contributed by atoms with van der Waals surface area (Å²) in [4.78, 5) is 11.8. The Labute approximate surface area is 154 Å². The van der Waals surface area contributed by atoms with Crippen LogP contribution in [0.3, 0.4) is 0 Å². The highest BCUT2D eigenvalue weighted by molar-refractivity contribution is 7.98. The third kappa shape index (κ3) is 7.20. The zero-order valence-corrected chi connectivity index (χ0v) is 15.4. The van der Waals surface area contributed by atoms with Crippen LogP contribution < -0.4 is 15.8 Å². The molecule has 1 amide bonds. The van der Waals surface area contributed by atoms with Crippen LogP contribution in [0, 0.1) is 0 Å². The van der Waals surface area contributed by atoms with Crippen LogP contribution in [0.4, 0.5) is 0 Å². The summed E-state index contributed by atoms with van der Waals surface area (Å²) in [6.07, 6.45) is 3.50. The number of carbonyl (C=O) groups excluding carboxylic acids is 1. The van der Waals surface area contributed by atoms with Crippen molar-refractivity contribution in [2.24, 2.45) is 5.73 Å². The maximum Gasteiger partial charge on any atom is 0.236 e. The Morgan fingerprint density at radius 2 is 1.84 bits per heavy atom. The van der Waals surface area contributed by atoms with Gasteiger partial charge in [-0.15, -0.1) is 0 Å². The van der Waals surface area contributed by atoms with E-state index in [1.165, 1.54) is 0 Å². The topological polar surface area (TPSA) is 64.4 Å². The molecule has 0 aliphatic heterocycles. The molecule has 0 radical (unpaired) electrons. The van der Waals surface area contributed by atoms with Gasteiger partial charge in [-0.05, 0) is 48.1 Å². The van der Waals surface area contributed by atoms with Crippen molar-refractivity contribution in [1.29, 1.82) is 0 Å². The van der Waals surface area contributed by atoms with Crippen LogP contribution in [0.1, 0.15) is 17.5 Å². The SMILES string of the molecule is CSCCC(N)C(=O)NCCc1ccc(OCc2ccccc2)cc1. The van der Waals surface area contributed by atoms with E-state index in [-0.39, 0.29) is 5.91 Å². The number of nitrogens with two attached hydrogens (primary N) is 1. The predicted octanol–water partition coefficient (Wildman–Crippen LogP) is 3.00. The molecule has 0 spiro atoms. The van der Waals surface area contributed by atoms with E-state index in [4.69, 9.17) is 10.5 Å². The largest absolute Gasteiger partial charge is 0.489 e. The molecular weight excluding hydrogens is 332 g/mol. The third-order valence-corrected chi connectivity index (χ3v) is 4.50. The van der Waals surface area contributed by atoms with Gasteiger partial charge in [-0.1, -0.05) is 42.5 Å². The van der Waals surface area contributed by atoms with Gasteiger partial charge in [0.05, 0.1) is 6.04 Å². The molecule has 0 aromatic heterocycles. The van der Waals surface area contributed by atoms with Crippen molar-refractivity contribution in [2.75, 3.05) is 18.6 Å². The van der Waals surface area contributed by atoms with Crippen molar-refractivity contribution in [3.8, 4) is 5.75 Å². The maximum atomic E-state index is 11.8. The van der Waals surface area contributed by atoms with Gasteiger partial charge in [0, 0.05) is 6.54 Å². The number of nitrogens with one attached hydrogen (secondary N) is 1. The summed E-state index contributed by atoms with van der Waals surface area (Å²) in [6, 6.07) is 17.6. The molecule has 2 aromatic carbocycles. The van der Waals surface area contributed by atoms with Gasteiger partial charge in [0.25, 0.3) is 0 Å². The van der Waals surface area contributed by atoms with Crippen LogP contribution in [0.5, 0.6) is 5.75 Å². The van der Waals surface area contributed by atoms with E-state index in [1.54, 1.807) is 11.8 Å². The zero-order valence-electron chi connectivity index (χ0n) is 14.6. The number of amides is 1. The average molecular weight is 359 g/mol. The van der Waals surface area contributed by atoms with E-state index in [0.29, 0.717) is 19.6 Å². The summed E-state index contributed by atoms with van der Waals surface area (Å²) in [5.74, 6) is 1.67. The molecule has 0 saturated carbocycles. The Morgan fingerprint density at radius 1 is 1.12 bits per heavy atom. The van der Waals surface area contributed by atoms with Gasteiger partial charge >= 0.3 is 0 Å². The number of hydrogen-bond acceptors (Lipinski definition) is 4. The molecule has 2 aromatic rings. The van der Waals surface area contributed by atoms with Crippen LogP contribution in [0.25, 0.3) is 0 Å². The quantitative estimate of drug-likeness (QED) is 0.685. The lowest BCUT2D eigenvalue weighted by Crippen LogP contribution is -2.41. The van der Waals surface area contributed by atoms with Crippen molar-refractivity contribution in [3.05, 3.63) is 65.7 Å². The van der Waals surface area contributed by atoms with Crippen LogP contribution in [-0.2, 0) is 17.8 Å². The third-order valence-electron chi connectivity index (χ3n) is 3.85. The first-order valence-electron chi connectivity index (χ1n) is 8.47. The molecular formula is C20H26N2O2S. The number of rotatable bonds is 10. The summed E-state index contributed by atoms with van der Waals surface area (Å²) >= 11 is 1.70. The molecule has 0 heterocycles. The van der Waals surface area contributed by atoms with Crippen LogP contribution in [0.15, 0.2) is 54.6 Å². The summed E-state index contributed by atoms with van der Waals surface area (Å²) < 4.78 is 5.77. The first kappa shape index (κ1) is 19.3. The molecule has 25 heavy (non-hydrogen) atoms. The van der Waals surface area contributed by atoms with E-state index < -0.39 is 6.04 Å². The minimum Gasteiger partial charge on any atom is -0.489 e. The monoisotopic (exact) mass is 358 g/mol. The van der Waals surface area contributed by atoms with E-state index in [9.17, 15) is 4.79 Å². The lowest BCUT2D eigenvalue weighted by atomic mass is 10.1. The molecule has 3 N–H and O–H groups in total. The first-order chi connectivity index (χ1) is 12.2. The fourth-order valence-electron chi connectivity index (χ4n) is 2.33. The molecule has 0 fully saturated rings. The van der Waals surface area contributed by atoms with E-state index >= 15 is 0 Å². The summed E-state index contributed by atoms with van der Waals surface area (Å²) in [7, 11) is 0. The van der Waals surface area contributed by atoms with E-state index in [0.717, 1.165) is 29.1 Å². The smallest absolute Gasteiger partial charge is 0.236 e. The fourth-order valence-corrected chi connectivity index (χ4v) is 2.82. The Hall–Kier alpha value is -1.98. The number of hydrogen-bond donors (Lipinski definition) is 2.